The van der Waals surface area contributed by atoms with E-state index in [0.29, 0.717) is 16.8 Å². The zero-order valence-electron chi connectivity index (χ0n) is 9.57. The van der Waals surface area contributed by atoms with Gasteiger partial charge in [-0.1, -0.05) is 0 Å². The number of benzene rings is 1. The number of fused-ring (bicyclic) bond motifs is 1. The first-order valence-corrected chi connectivity index (χ1v) is 5.38. The lowest BCUT2D eigenvalue weighted by molar-refractivity contribution is 0.0697. The van der Waals surface area contributed by atoms with Crippen LogP contribution in [0.1, 0.15) is 10.4 Å². The van der Waals surface area contributed by atoms with Crippen molar-refractivity contribution < 1.29 is 14.3 Å². The van der Waals surface area contributed by atoms with Crippen LogP contribution < -0.4 is 5.32 Å². The third kappa shape index (κ3) is 2.21. The van der Waals surface area contributed by atoms with E-state index in [1.54, 1.807) is 18.5 Å². The molecule has 0 aliphatic carbocycles. The molecule has 19 heavy (non-hydrogen) atoms. The number of carboxylic acid groups (broad SMARTS) is 1. The predicted molar refractivity (Wildman–Crippen MR) is 66.3 cm³/mol. The molecule has 0 saturated carbocycles. The summed E-state index contributed by atoms with van der Waals surface area (Å²) in [6.07, 6.45) is 4.56. The molecule has 2 heterocycles. The molecule has 0 radical (unpaired) electrons. The van der Waals surface area contributed by atoms with Crippen LogP contribution in [0.15, 0.2) is 41.3 Å². The first-order valence-electron chi connectivity index (χ1n) is 5.38. The molecule has 0 fully saturated rings. The Labute approximate surface area is 106 Å². The molecule has 0 aliphatic heterocycles. The fourth-order valence-corrected chi connectivity index (χ4v) is 1.60. The Kier molecular flexibility index (Phi) is 2.57. The molecule has 0 amide bonds. The van der Waals surface area contributed by atoms with Crippen molar-refractivity contribution in [2.75, 3.05) is 5.32 Å². The van der Waals surface area contributed by atoms with Gasteiger partial charge in [0, 0.05) is 0 Å². The summed E-state index contributed by atoms with van der Waals surface area (Å²) < 4.78 is 5.42. The fourth-order valence-electron chi connectivity index (χ4n) is 1.60. The first kappa shape index (κ1) is 11.1. The van der Waals surface area contributed by atoms with Gasteiger partial charge in [0.15, 0.2) is 5.58 Å². The van der Waals surface area contributed by atoms with Crippen LogP contribution in [-0.4, -0.2) is 26.0 Å². The summed E-state index contributed by atoms with van der Waals surface area (Å²) in [4.78, 5) is 22.7. The molecule has 0 spiro atoms. The number of carboxylic acids is 1. The number of hydrogen-bond acceptors (Lipinski definition) is 6. The number of hydrogen-bond donors (Lipinski definition) is 2. The maximum Gasteiger partial charge on any atom is 0.335 e. The van der Waals surface area contributed by atoms with Crippen LogP contribution >= 0.6 is 0 Å². The maximum atomic E-state index is 10.8. The Morgan fingerprint density at radius 1 is 1.26 bits per heavy atom. The Morgan fingerprint density at radius 2 is 2.05 bits per heavy atom. The highest BCUT2D eigenvalue weighted by atomic mass is 16.4. The number of nitrogens with zero attached hydrogens (tertiary/aromatic N) is 3. The minimum atomic E-state index is -1.01. The van der Waals surface area contributed by atoms with Crippen LogP contribution in [0.5, 0.6) is 0 Å². The normalized spacial score (nSPS) is 10.5. The number of aromatic carboxylic acids is 1. The number of rotatable bonds is 3. The Bertz CT molecular complexity index is 739. The van der Waals surface area contributed by atoms with Crippen molar-refractivity contribution in [3.8, 4) is 0 Å². The van der Waals surface area contributed by atoms with Crippen molar-refractivity contribution in [1.82, 2.24) is 15.0 Å². The summed E-state index contributed by atoms with van der Waals surface area (Å²) in [6, 6.07) is 4.75. The lowest BCUT2D eigenvalue weighted by Crippen LogP contribution is -1.94. The van der Waals surface area contributed by atoms with Gasteiger partial charge >= 0.3 is 5.97 Å². The highest BCUT2D eigenvalue weighted by Crippen LogP contribution is 2.22. The number of aromatic nitrogens is 3. The van der Waals surface area contributed by atoms with E-state index in [4.69, 9.17) is 9.52 Å². The highest BCUT2D eigenvalue weighted by molar-refractivity contribution is 5.92. The van der Waals surface area contributed by atoms with Crippen LogP contribution in [0.25, 0.3) is 11.1 Å². The van der Waals surface area contributed by atoms with Gasteiger partial charge < -0.3 is 14.8 Å². The molecule has 0 unspecified atom stereocenters. The van der Waals surface area contributed by atoms with E-state index >= 15 is 0 Å². The molecule has 0 saturated heterocycles. The first-order chi connectivity index (χ1) is 9.22. The van der Waals surface area contributed by atoms with Gasteiger partial charge in [0.05, 0.1) is 23.6 Å². The fraction of sp³-hybridized carbons (Fsp3) is 0. The second kappa shape index (κ2) is 4.37. The minimum absolute atomic E-state index is 0.151. The summed E-state index contributed by atoms with van der Waals surface area (Å²) in [5.41, 5.74) is 1.76. The van der Waals surface area contributed by atoms with Crippen molar-refractivity contribution in [3.05, 3.63) is 42.5 Å². The second-order valence-corrected chi connectivity index (χ2v) is 3.76. The van der Waals surface area contributed by atoms with Crippen molar-refractivity contribution in [2.45, 2.75) is 0 Å². The molecule has 0 atom stereocenters. The molecule has 3 aromatic rings. The van der Waals surface area contributed by atoms with Crippen molar-refractivity contribution >= 4 is 28.8 Å². The average molecular weight is 256 g/mol. The smallest absolute Gasteiger partial charge is 0.335 e. The molecule has 2 aromatic heterocycles. The molecule has 94 valence electrons. The largest absolute Gasteiger partial charge is 0.478 e. The monoisotopic (exact) mass is 256 g/mol. The molecule has 0 aliphatic rings. The van der Waals surface area contributed by atoms with Crippen LogP contribution in [-0.2, 0) is 0 Å². The lowest BCUT2D eigenvalue weighted by Gasteiger charge is -1.97. The number of carbonyl (C=O) groups is 1. The van der Waals surface area contributed by atoms with Gasteiger partial charge in [-0.05, 0) is 18.2 Å². The summed E-state index contributed by atoms with van der Waals surface area (Å²) >= 11 is 0. The molecular formula is C12H8N4O3. The van der Waals surface area contributed by atoms with Gasteiger partial charge in [-0.2, -0.15) is 4.98 Å². The van der Waals surface area contributed by atoms with Gasteiger partial charge in [-0.25, -0.2) is 14.8 Å². The Morgan fingerprint density at radius 3 is 2.79 bits per heavy atom. The topological polar surface area (TPSA) is 101 Å². The van der Waals surface area contributed by atoms with E-state index in [1.807, 2.05) is 0 Å². The summed E-state index contributed by atoms with van der Waals surface area (Å²) in [5.74, 6) is -1.01. The third-order valence-corrected chi connectivity index (χ3v) is 2.45. The van der Waals surface area contributed by atoms with E-state index in [9.17, 15) is 4.79 Å². The minimum Gasteiger partial charge on any atom is -0.478 e. The van der Waals surface area contributed by atoms with Crippen LogP contribution in [0.2, 0.25) is 0 Å². The van der Waals surface area contributed by atoms with E-state index in [-0.39, 0.29) is 11.6 Å². The standard InChI is InChI=1S/C12H8N4O3/c17-11(18)7-1-2-9-10(3-7)19-12(16-9)15-8-4-13-6-14-5-8/h1-6H,(H,15,16)(H,17,18). The van der Waals surface area contributed by atoms with Crippen molar-refractivity contribution in [1.29, 1.82) is 0 Å². The molecule has 7 nitrogen and oxygen atoms in total. The summed E-state index contributed by atoms with van der Waals surface area (Å²) in [7, 11) is 0. The predicted octanol–water partition coefficient (Wildman–Crippen LogP) is 2.06. The number of nitrogens with one attached hydrogen (secondary N) is 1. The Balaban J connectivity index is 1.95. The molecule has 3 rings (SSSR count). The average Bonchev–Trinajstić information content (AvgIpc) is 2.80. The highest BCUT2D eigenvalue weighted by Gasteiger charge is 2.09. The van der Waals surface area contributed by atoms with Crippen LogP contribution in [0.4, 0.5) is 11.7 Å². The van der Waals surface area contributed by atoms with E-state index < -0.39 is 5.97 Å². The van der Waals surface area contributed by atoms with E-state index in [1.165, 1.54) is 18.5 Å². The van der Waals surface area contributed by atoms with Gasteiger partial charge in [0.25, 0.3) is 6.01 Å². The summed E-state index contributed by atoms with van der Waals surface area (Å²) in [5, 5.41) is 11.8. The van der Waals surface area contributed by atoms with Crippen LogP contribution in [0.3, 0.4) is 0 Å². The lowest BCUT2D eigenvalue weighted by atomic mass is 10.2. The van der Waals surface area contributed by atoms with Gasteiger partial charge in [0.1, 0.15) is 11.8 Å². The molecule has 0 bridgehead atoms. The maximum absolute atomic E-state index is 10.8. The Hall–Kier alpha value is -2.96. The zero-order valence-corrected chi connectivity index (χ0v) is 9.57. The molecule has 7 heteroatoms. The van der Waals surface area contributed by atoms with Crippen molar-refractivity contribution in [2.24, 2.45) is 0 Å². The second-order valence-electron chi connectivity index (χ2n) is 3.76. The third-order valence-electron chi connectivity index (χ3n) is 2.45. The van der Waals surface area contributed by atoms with Gasteiger partial charge in [-0.15, -0.1) is 0 Å². The van der Waals surface area contributed by atoms with E-state index in [0.717, 1.165) is 0 Å². The SMILES string of the molecule is O=C(O)c1ccc2nc(Nc3cncnc3)oc2c1. The van der Waals surface area contributed by atoms with Crippen LogP contribution in [0, 0.1) is 0 Å². The molecular weight excluding hydrogens is 248 g/mol. The molecule has 2 N–H and O–H groups in total. The van der Waals surface area contributed by atoms with Gasteiger partial charge in [0.2, 0.25) is 0 Å². The number of oxazole rings is 1. The molecule has 1 aromatic carbocycles. The summed E-state index contributed by atoms with van der Waals surface area (Å²) in [6.45, 7) is 0. The van der Waals surface area contributed by atoms with E-state index in [2.05, 4.69) is 20.3 Å². The zero-order chi connectivity index (χ0) is 13.2. The quantitative estimate of drug-likeness (QED) is 0.739. The van der Waals surface area contributed by atoms with Crippen molar-refractivity contribution in [3.63, 3.8) is 0 Å². The number of anilines is 2. The van der Waals surface area contributed by atoms with Gasteiger partial charge in [-0.3, -0.25) is 0 Å².